The average Bonchev–Trinajstić information content (AvgIpc) is 2.60. The third-order valence-electron chi connectivity index (χ3n) is 3.19. The van der Waals surface area contributed by atoms with Crippen molar-refractivity contribution in [2.45, 2.75) is 39.7 Å². The average molecular weight is 189 g/mol. The van der Waals surface area contributed by atoms with Crippen LogP contribution in [-0.4, -0.2) is 6.04 Å². The highest BCUT2D eigenvalue weighted by Gasteiger charge is 2.24. The summed E-state index contributed by atoms with van der Waals surface area (Å²) in [6.45, 7) is 6.80. The summed E-state index contributed by atoms with van der Waals surface area (Å²) in [5.74, 6) is 0.715. The van der Waals surface area contributed by atoms with Crippen LogP contribution in [-0.2, 0) is 12.8 Å². The first kappa shape index (κ1) is 9.57. The molecule has 76 valence electrons. The second-order valence-electron chi connectivity index (χ2n) is 4.50. The summed E-state index contributed by atoms with van der Waals surface area (Å²) in [5.41, 5.74) is 4.38. The second kappa shape index (κ2) is 3.64. The van der Waals surface area contributed by atoms with Crippen LogP contribution in [0.15, 0.2) is 18.2 Å². The zero-order valence-electron chi connectivity index (χ0n) is 9.30. The van der Waals surface area contributed by atoms with E-state index >= 15 is 0 Å². The first-order valence-corrected chi connectivity index (χ1v) is 5.59. The largest absolute Gasteiger partial charge is 0.381 e. The van der Waals surface area contributed by atoms with Gasteiger partial charge in [0.25, 0.3) is 0 Å². The first-order valence-electron chi connectivity index (χ1n) is 5.59. The minimum Gasteiger partial charge on any atom is -0.381 e. The van der Waals surface area contributed by atoms with E-state index in [1.165, 1.54) is 23.2 Å². The number of hydrogen-bond acceptors (Lipinski definition) is 1. The van der Waals surface area contributed by atoms with E-state index in [0.29, 0.717) is 12.0 Å². The van der Waals surface area contributed by atoms with Gasteiger partial charge in [0, 0.05) is 11.7 Å². The third-order valence-corrected chi connectivity index (χ3v) is 3.19. The van der Waals surface area contributed by atoms with Crippen molar-refractivity contribution in [2.75, 3.05) is 5.32 Å². The van der Waals surface area contributed by atoms with Crippen LogP contribution in [0.3, 0.4) is 0 Å². The standard InChI is InChI=1S/C13H19N/c1-4-10-6-5-7-11-8-12(9(2)3)14-13(10)11/h5-7,9,12,14H,4,8H2,1-3H3. The zero-order chi connectivity index (χ0) is 10.1. The molecule has 0 radical (unpaired) electrons. The predicted molar refractivity (Wildman–Crippen MR) is 61.8 cm³/mol. The van der Waals surface area contributed by atoms with Gasteiger partial charge in [0.1, 0.15) is 0 Å². The van der Waals surface area contributed by atoms with Gasteiger partial charge in [-0.1, -0.05) is 39.0 Å². The van der Waals surface area contributed by atoms with Gasteiger partial charge in [0.05, 0.1) is 0 Å². The van der Waals surface area contributed by atoms with Crippen molar-refractivity contribution in [3.63, 3.8) is 0 Å². The van der Waals surface area contributed by atoms with Crippen molar-refractivity contribution >= 4 is 5.69 Å². The number of fused-ring (bicyclic) bond motifs is 1. The van der Waals surface area contributed by atoms with E-state index in [9.17, 15) is 0 Å². The van der Waals surface area contributed by atoms with E-state index in [1.807, 2.05) is 0 Å². The molecule has 1 heteroatoms. The van der Waals surface area contributed by atoms with Crippen molar-refractivity contribution in [3.05, 3.63) is 29.3 Å². The van der Waals surface area contributed by atoms with Gasteiger partial charge in [0.2, 0.25) is 0 Å². The van der Waals surface area contributed by atoms with Crippen LogP contribution >= 0.6 is 0 Å². The number of hydrogen-bond donors (Lipinski definition) is 1. The topological polar surface area (TPSA) is 12.0 Å². The Labute approximate surface area is 86.5 Å². The molecule has 1 aromatic carbocycles. The fraction of sp³-hybridized carbons (Fsp3) is 0.538. The maximum atomic E-state index is 3.65. The van der Waals surface area contributed by atoms with Gasteiger partial charge < -0.3 is 5.32 Å². The van der Waals surface area contributed by atoms with Gasteiger partial charge in [0.15, 0.2) is 0 Å². The molecule has 1 N–H and O–H groups in total. The summed E-state index contributed by atoms with van der Waals surface area (Å²) in [6.07, 6.45) is 2.32. The van der Waals surface area contributed by atoms with Crippen LogP contribution in [0.25, 0.3) is 0 Å². The molecule has 0 saturated carbocycles. The monoisotopic (exact) mass is 189 g/mol. The third kappa shape index (κ3) is 1.52. The van der Waals surface area contributed by atoms with Crippen molar-refractivity contribution in [1.82, 2.24) is 0 Å². The molecular weight excluding hydrogens is 170 g/mol. The Morgan fingerprint density at radius 2 is 2.21 bits per heavy atom. The second-order valence-corrected chi connectivity index (χ2v) is 4.50. The summed E-state index contributed by atoms with van der Waals surface area (Å²) < 4.78 is 0. The molecular formula is C13H19N. The summed E-state index contributed by atoms with van der Waals surface area (Å²) in [5, 5.41) is 3.65. The molecule has 14 heavy (non-hydrogen) atoms. The molecule has 0 aromatic heterocycles. The van der Waals surface area contributed by atoms with E-state index in [0.717, 1.165) is 6.42 Å². The molecule has 2 rings (SSSR count). The van der Waals surface area contributed by atoms with Crippen LogP contribution in [0.1, 0.15) is 31.9 Å². The smallest absolute Gasteiger partial charge is 0.0408 e. The highest BCUT2D eigenvalue weighted by molar-refractivity contribution is 5.62. The van der Waals surface area contributed by atoms with E-state index in [2.05, 4.69) is 44.3 Å². The maximum absolute atomic E-state index is 3.65. The van der Waals surface area contributed by atoms with Crippen molar-refractivity contribution in [3.8, 4) is 0 Å². The van der Waals surface area contributed by atoms with Gasteiger partial charge in [-0.2, -0.15) is 0 Å². The Kier molecular flexibility index (Phi) is 2.49. The van der Waals surface area contributed by atoms with Crippen molar-refractivity contribution in [2.24, 2.45) is 5.92 Å². The van der Waals surface area contributed by atoms with Gasteiger partial charge in [-0.25, -0.2) is 0 Å². The summed E-state index contributed by atoms with van der Waals surface area (Å²) in [6, 6.07) is 7.30. The van der Waals surface area contributed by atoms with Gasteiger partial charge in [-0.05, 0) is 29.9 Å². The van der Waals surface area contributed by atoms with Crippen molar-refractivity contribution in [1.29, 1.82) is 0 Å². The van der Waals surface area contributed by atoms with Crippen LogP contribution in [0, 0.1) is 5.92 Å². The van der Waals surface area contributed by atoms with Crippen molar-refractivity contribution < 1.29 is 0 Å². The Hall–Kier alpha value is -0.980. The number of aryl methyl sites for hydroxylation is 1. The highest BCUT2D eigenvalue weighted by Crippen LogP contribution is 2.32. The lowest BCUT2D eigenvalue weighted by Gasteiger charge is -2.15. The maximum Gasteiger partial charge on any atom is 0.0408 e. The minimum absolute atomic E-state index is 0.637. The fourth-order valence-corrected chi connectivity index (χ4v) is 2.18. The van der Waals surface area contributed by atoms with E-state index in [1.54, 1.807) is 0 Å². The van der Waals surface area contributed by atoms with Crippen LogP contribution in [0.5, 0.6) is 0 Å². The molecule has 0 spiro atoms. The Morgan fingerprint density at radius 3 is 2.86 bits per heavy atom. The van der Waals surface area contributed by atoms with E-state index in [4.69, 9.17) is 0 Å². The van der Waals surface area contributed by atoms with Crippen LogP contribution in [0.4, 0.5) is 5.69 Å². The molecule has 1 nitrogen and oxygen atoms in total. The lowest BCUT2D eigenvalue weighted by Crippen LogP contribution is -2.22. The van der Waals surface area contributed by atoms with E-state index in [-0.39, 0.29) is 0 Å². The number of nitrogens with one attached hydrogen (secondary N) is 1. The molecule has 0 fully saturated rings. The lowest BCUT2D eigenvalue weighted by atomic mass is 10.00. The number of rotatable bonds is 2. The molecule has 1 heterocycles. The van der Waals surface area contributed by atoms with Gasteiger partial charge in [-0.3, -0.25) is 0 Å². The molecule has 0 aliphatic carbocycles. The summed E-state index contributed by atoms with van der Waals surface area (Å²) in [7, 11) is 0. The number of para-hydroxylation sites is 1. The highest BCUT2D eigenvalue weighted by atomic mass is 15.0. The molecule has 0 bridgehead atoms. The fourth-order valence-electron chi connectivity index (χ4n) is 2.18. The van der Waals surface area contributed by atoms with Crippen LogP contribution in [0.2, 0.25) is 0 Å². The molecule has 1 aliphatic heterocycles. The molecule has 1 aromatic rings. The molecule has 0 amide bonds. The Morgan fingerprint density at radius 1 is 1.43 bits per heavy atom. The molecule has 1 unspecified atom stereocenters. The molecule has 1 atom stereocenters. The molecule has 0 saturated heterocycles. The predicted octanol–water partition coefficient (Wildman–Crippen LogP) is 3.24. The van der Waals surface area contributed by atoms with Crippen LogP contribution < -0.4 is 5.32 Å². The zero-order valence-corrected chi connectivity index (χ0v) is 9.30. The Balaban J connectivity index is 2.30. The SMILES string of the molecule is CCc1cccc2c1NC(C(C)C)C2. The minimum atomic E-state index is 0.637. The normalized spacial score (nSPS) is 19.6. The summed E-state index contributed by atoms with van der Waals surface area (Å²) in [4.78, 5) is 0. The summed E-state index contributed by atoms with van der Waals surface area (Å²) >= 11 is 0. The number of anilines is 1. The quantitative estimate of drug-likeness (QED) is 0.753. The van der Waals surface area contributed by atoms with Gasteiger partial charge >= 0.3 is 0 Å². The number of benzene rings is 1. The first-order chi connectivity index (χ1) is 6.72. The van der Waals surface area contributed by atoms with E-state index < -0.39 is 0 Å². The Bertz CT molecular complexity index is 328. The molecule has 1 aliphatic rings. The van der Waals surface area contributed by atoms with Gasteiger partial charge in [-0.15, -0.1) is 0 Å². The lowest BCUT2D eigenvalue weighted by molar-refractivity contribution is 0.538.